The van der Waals surface area contributed by atoms with Gasteiger partial charge in [-0.3, -0.25) is 0 Å². The monoisotopic (exact) mass is 445 g/mol. The number of allylic oxidation sites excluding steroid dienone is 4. The Morgan fingerprint density at radius 3 is 2.16 bits per heavy atom. The second-order valence-electron chi connectivity index (χ2n) is 7.16. The molecule has 0 aliphatic rings. The van der Waals surface area contributed by atoms with Crippen molar-refractivity contribution in [2.75, 3.05) is 50.5 Å². The standard InChI is InChI=1S/C16H30N4O.C8H11N.C2H6/c1-5-8-20(9-6-2)14-12-15(17)18-16(13-14)21-11-10-19(4)7-3;1-4-8(6-9)5-7(2)3;1-2/h12-13H,5-11H2,1-4H3,(H2,17,18);4-6,9H,1-2H2,3H3;1-2H3/b;8-5+,9-6?;. The molecule has 0 atom stereocenters. The first kappa shape index (κ1) is 31.6. The lowest BCUT2D eigenvalue weighted by Gasteiger charge is -2.24. The number of nitrogens with one attached hydrogen (secondary N) is 1. The second-order valence-corrected chi connectivity index (χ2v) is 7.16. The summed E-state index contributed by atoms with van der Waals surface area (Å²) in [7, 11) is 2.08. The Hall–Kier alpha value is -2.60. The molecule has 0 aliphatic carbocycles. The summed E-state index contributed by atoms with van der Waals surface area (Å²) in [5.74, 6) is 1.13. The average Bonchev–Trinajstić information content (AvgIpc) is 2.78. The van der Waals surface area contributed by atoms with Crippen LogP contribution in [0.15, 0.2) is 48.6 Å². The van der Waals surface area contributed by atoms with Crippen molar-refractivity contribution >= 4 is 17.7 Å². The van der Waals surface area contributed by atoms with E-state index < -0.39 is 0 Å². The van der Waals surface area contributed by atoms with Crippen molar-refractivity contribution in [3.05, 3.63) is 48.6 Å². The highest BCUT2D eigenvalue weighted by Gasteiger charge is 2.09. The summed E-state index contributed by atoms with van der Waals surface area (Å²) in [4.78, 5) is 8.81. The summed E-state index contributed by atoms with van der Waals surface area (Å²) in [5.41, 5.74) is 8.75. The van der Waals surface area contributed by atoms with E-state index in [9.17, 15) is 0 Å². The van der Waals surface area contributed by atoms with Gasteiger partial charge in [-0.1, -0.05) is 65.5 Å². The molecule has 0 unspecified atom stereocenters. The molecule has 0 bridgehead atoms. The zero-order chi connectivity index (χ0) is 24.9. The van der Waals surface area contributed by atoms with Crippen molar-refractivity contribution in [3.8, 4) is 5.88 Å². The fourth-order valence-electron chi connectivity index (χ4n) is 2.59. The fourth-order valence-corrected chi connectivity index (χ4v) is 2.59. The van der Waals surface area contributed by atoms with Gasteiger partial charge in [-0.2, -0.15) is 4.98 Å². The normalized spacial score (nSPS) is 10.3. The molecule has 32 heavy (non-hydrogen) atoms. The molecule has 0 fully saturated rings. The molecule has 0 saturated heterocycles. The Morgan fingerprint density at radius 1 is 1.16 bits per heavy atom. The minimum atomic E-state index is 0.517. The summed E-state index contributed by atoms with van der Waals surface area (Å²) in [6.45, 7) is 24.1. The number of aromatic nitrogens is 1. The van der Waals surface area contributed by atoms with Crippen LogP contribution in [0.4, 0.5) is 11.5 Å². The number of hydrogen-bond donors (Lipinski definition) is 2. The van der Waals surface area contributed by atoms with Gasteiger partial charge in [0.1, 0.15) is 12.4 Å². The number of nitrogen functional groups attached to an aromatic ring is 1. The van der Waals surface area contributed by atoms with Crippen molar-refractivity contribution in [2.45, 2.75) is 54.4 Å². The van der Waals surface area contributed by atoms with Crippen LogP contribution in [0, 0.1) is 5.41 Å². The Bertz CT molecular complexity index is 669. The second kappa shape index (κ2) is 20.3. The molecule has 6 nitrogen and oxygen atoms in total. The van der Waals surface area contributed by atoms with Gasteiger partial charge in [0.2, 0.25) is 5.88 Å². The average molecular weight is 446 g/mol. The van der Waals surface area contributed by atoms with Crippen molar-refractivity contribution in [1.29, 1.82) is 5.41 Å². The Balaban J connectivity index is 0. The van der Waals surface area contributed by atoms with Gasteiger partial charge in [0.05, 0.1) is 0 Å². The predicted octanol–water partition coefficient (Wildman–Crippen LogP) is 5.97. The Morgan fingerprint density at radius 2 is 1.75 bits per heavy atom. The van der Waals surface area contributed by atoms with E-state index in [0.29, 0.717) is 18.3 Å². The highest BCUT2D eigenvalue weighted by Crippen LogP contribution is 2.23. The summed E-state index contributed by atoms with van der Waals surface area (Å²) < 4.78 is 5.75. The van der Waals surface area contributed by atoms with E-state index in [1.54, 1.807) is 12.2 Å². The van der Waals surface area contributed by atoms with Crippen LogP contribution >= 0.6 is 0 Å². The lowest BCUT2D eigenvalue weighted by Crippen LogP contribution is -2.26. The van der Waals surface area contributed by atoms with E-state index in [-0.39, 0.29) is 0 Å². The van der Waals surface area contributed by atoms with Crippen molar-refractivity contribution in [2.24, 2.45) is 0 Å². The van der Waals surface area contributed by atoms with Gasteiger partial charge >= 0.3 is 0 Å². The maximum Gasteiger partial charge on any atom is 0.217 e. The van der Waals surface area contributed by atoms with E-state index in [1.165, 1.54) is 6.21 Å². The van der Waals surface area contributed by atoms with Gasteiger partial charge in [-0.25, -0.2) is 0 Å². The van der Waals surface area contributed by atoms with Crippen LogP contribution in [0.1, 0.15) is 54.4 Å². The van der Waals surface area contributed by atoms with E-state index >= 15 is 0 Å². The van der Waals surface area contributed by atoms with Crippen molar-refractivity contribution < 1.29 is 4.74 Å². The molecule has 3 N–H and O–H groups in total. The van der Waals surface area contributed by atoms with Crippen molar-refractivity contribution in [3.63, 3.8) is 0 Å². The van der Waals surface area contributed by atoms with Crippen LogP contribution in [-0.2, 0) is 0 Å². The van der Waals surface area contributed by atoms with Gasteiger partial charge < -0.3 is 25.7 Å². The Labute approximate surface area is 197 Å². The summed E-state index contributed by atoms with van der Waals surface area (Å²) in [6, 6.07) is 3.92. The smallest absolute Gasteiger partial charge is 0.217 e. The predicted molar refractivity (Wildman–Crippen MR) is 143 cm³/mol. The largest absolute Gasteiger partial charge is 0.476 e. The van der Waals surface area contributed by atoms with Crippen LogP contribution in [0.2, 0.25) is 0 Å². The van der Waals surface area contributed by atoms with Crippen LogP contribution in [-0.4, -0.2) is 55.9 Å². The maximum atomic E-state index is 6.85. The van der Waals surface area contributed by atoms with Gasteiger partial charge in [0.25, 0.3) is 0 Å². The maximum absolute atomic E-state index is 6.85. The molecule has 0 radical (unpaired) electrons. The van der Waals surface area contributed by atoms with E-state index in [2.05, 4.69) is 55.8 Å². The lowest BCUT2D eigenvalue weighted by atomic mass is 10.2. The van der Waals surface area contributed by atoms with E-state index in [1.807, 2.05) is 32.9 Å². The van der Waals surface area contributed by atoms with Crippen LogP contribution in [0.25, 0.3) is 0 Å². The molecule has 1 aromatic rings. The molecule has 1 heterocycles. The highest BCUT2D eigenvalue weighted by atomic mass is 16.5. The van der Waals surface area contributed by atoms with E-state index in [4.69, 9.17) is 15.9 Å². The first-order valence-corrected chi connectivity index (χ1v) is 11.6. The molecule has 0 amide bonds. The topological polar surface area (TPSA) is 78.5 Å². The summed E-state index contributed by atoms with van der Waals surface area (Å²) >= 11 is 0. The van der Waals surface area contributed by atoms with Gasteiger partial charge in [0, 0.05) is 43.7 Å². The van der Waals surface area contributed by atoms with Crippen LogP contribution < -0.4 is 15.4 Å². The number of hydrogen-bond acceptors (Lipinski definition) is 6. The molecule has 6 heteroatoms. The molecule has 1 aromatic heterocycles. The lowest BCUT2D eigenvalue weighted by molar-refractivity contribution is 0.238. The number of ether oxygens (including phenoxy) is 1. The molecule has 0 spiro atoms. The highest BCUT2D eigenvalue weighted by molar-refractivity contribution is 5.80. The zero-order valence-electron chi connectivity index (χ0n) is 21.6. The fraction of sp³-hybridized carbons (Fsp3) is 0.538. The number of nitrogens with two attached hydrogens (primary N) is 1. The number of rotatable bonds is 13. The SMILES string of the molecule is C=C/C(C=N)=C\C(=C)C.CC.CCCN(CCC)c1cc(N)nc(OCCN(C)CC)c1. The van der Waals surface area contributed by atoms with Gasteiger partial charge in [0.15, 0.2) is 0 Å². The molecule has 1 rings (SSSR count). The zero-order valence-corrected chi connectivity index (χ0v) is 21.6. The van der Waals surface area contributed by atoms with Gasteiger partial charge in [-0.15, -0.1) is 0 Å². The molecular formula is C26H47N5O. The molecular weight excluding hydrogens is 398 g/mol. The van der Waals surface area contributed by atoms with Crippen LogP contribution in [0.5, 0.6) is 5.88 Å². The third-order valence-corrected chi connectivity index (χ3v) is 4.24. The number of pyridine rings is 1. The minimum absolute atomic E-state index is 0.517. The number of nitrogens with zero attached hydrogens (tertiary/aromatic N) is 3. The first-order valence-electron chi connectivity index (χ1n) is 11.6. The number of likely N-dealkylation sites (N-methyl/N-ethyl adjacent to an activating group) is 1. The molecule has 182 valence electrons. The minimum Gasteiger partial charge on any atom is -0.476 e. The molecule has 0 aliphatic heterocycles. The quantitative estimate of drug-likeness (QED) is 0.289. The first-order chi connectivity index (χ1) is 15.3. The molecule has 0 aromatic carbocycles. The molecule has 0 saturated carbocycles. The van der Waals surface area contributed by atoms with E-state index in [0.717, 1.165) is 55.9 Å². The van der Waals surface area contributed by atoms with Crippen molar-refractivity contribution in [1.82, 2.24) is 9.88 Å². The van der Waals surface area contributed by atoms with Gasteiger partial charge in [-0.05, 0) is 38.9 Å². The van der Waals surface area contributed by atoms with Crippen LogP contribution in [0.3, 0.4) is 0 Å². The third-order valence-electron chi connectivity index (χ3n) is 4.24. The summed E-state index contributed by atoms with van der Waals surface area (Å²) in [6.07, 6.45) is 6.91. The number of anilines is 2. The summed E-state index contributed by atoms with van der Waals surface area (Å²) in [5, 5.41) is 6.85. The Kier molecular flexibility index (Phi) is 20.0. The third kappa shape index (κ3) is 15.2.